The quantitative estimate of drug-likeness (QED) is 0.693. The van der Waals surface area contributed by atoms with E-state index in [4.69, 9.17) is 10.5 Å². The molecule has 0 amide bonds. The minimum absolute atomic E-state index is 0.0500. The minimum atomic E-state index is 0.0500. The Labute approximate surface area is 120 Å². The molecule has 98 valence electrons. The zero-order chi connectivity index (χ0) is 13.8. The molecule has 0 atom stereocenters. The van der Waals surface area contributed by atoms with Crippen molar-refractivity contribution in [2.75, 3.05) is 12.8 Å². The molecule has 0 fully saturated rings. The molecule has 0 aliphatic rings. The summed E-state index contributed by atoms with van der Waals surface area (Å²) in [6.07, 6.45) is 0.341. The summed E-state index contributed by atoms with van der Waals surface area (Å²) in [5.74, 6) is 0.803. The molecule has 4 heteroatoms. The van der Waals surface area contributed by atoms with Gasteiger partial charge >= 0.3 is 0 Å². The molecule has 3 nitrogen and oxygen atoms in total. The number of Topliss-reactive ketones (excluding diaryl/α,β-unsaturated/α-hetero) is 1. The molecule has 2 aromatic carbocycles. The summed E-state index contributed by atoms with van der Waals surface area (Å²) in [5, 5.41) is 0. The first-order valence-corrected chi connectivity index (χ1v) is 6.60. The average molecular weight is 320 g/mol. The van der Waals surface area contributed by atoms with E-state index in [-0.39, 0.29) is 5.78 Å². The number of carbonyl (C=O) groups excluding carboxylic acids is 1. The van der Waals surface area contributed by atoms with Crippen LogP contribution in [0.3, 0.4) is 0 Å². The lowest BCUT2D eigenvalue weighted by atomic mass is 10.0. The van der Waals surface area contributed by atoms with Gasteiger partial charge in [-0.25, -0.2) is 0 Å². The van der Waals surface area contributed by atoms with Gasteiger partial charge in [-0.05, 0) is 51.8 Å². The summed E-state index contributed by atoms with van der Waals surface area (Å²) in [6.45, 7) is 0. The molecule has 0 aliphatic carbocycles. The fourth-order valence-corrected chi connectivity index (χ4v) is 2.15. The second kappa shape index (κ2) is 5.89. The highest BCUT2D eigenvalue weighted by molar-refractivity contribution is 9.10. The van der Waals surface area contributed by atoms with Gasteiger partial charge in [0.25, 0.3) is 0 Å². The number of carbonyl (C=O) groups is 1. The van der Waals surface area contributed by atoms with Crippen LogP contribution in [0.2, 0.25) is 0 Å². The van der Waals surface area contributed by atoms with Gasteiger partial charge < -0.3 is 10.5 Å². The Balaban J connectivity index is 2.18. The molecule has 0 radical (unpaired) electrons. The third-order valence-electron chi connectivity index (χ3n) is 2.82. The third kappa shape index (κ3) is 3.35. The second-order valence-electron chi connectivity index (χ2n) is 4.19. The van der Waals surface area contributed by atoms with Crippen molar-refractivity contribution in [2.45, 2.75) is 6.42 Å². The van der Waals surface area contributed by atoms with Crippen molar-refractivity contribution in [3.05, 3.63) is 58.1 Å². The van der Waals surface area contributed by atoms with Gasteiger partial charge in [0.2, 0.25) is 0 Å². The summed E-state index contributed by atoms with van der Waals surface area (Å²) in [7, 11) is 1.61. The summed E-state index contributed by atoms with van der Waals surface area (Å²) < 4.78 is 5.88. The number of rotatable bonds is 4. The van der Waals surface area contributed by atoms with Crippen LogP contribution in [-0.4, -0.2) is 12.9 Å². The van der Waals surface area contributed by atoms with Gasteiger partial charge in [0, 0.05) is 22.1 Å². The van der Waals surface area contributed by atoms with Crippen molar-refractivity contribution in [3.63, 3.8) is 0 Å². The fraction of sp³-hybridized carbons (Fsp3) is 0.133. The van der Waals surface area contributed by atoms with Gasteiger partial charge in [-0.15, -0.1) is 0 Å². The van der Waals surface area contributed by atoms with Crippen molar-refractivity contribution in [1.29, 1.82) is 0 Å². The van der Waals surface area contributed by atoms with Gasteiger partial charge in [0.15, 0.2) is 5.78 Å². The molecule has 0 aliphatic heterocycles. The number of hydrogen-bond donors (Lipinski definition) is 1. The number of ketones is 1. The molecular formula is C15H14BrNO2. The molecule has 0 heterocycles. The highest BCUT2D eigenvalue weighted by atomic mass is 79.9. The fourth-order valence-electron chi connectivity index (χ4n) is 1.77. The lowest BCUT2D eigenvalue weighted by Gasteiger charge is -2.05. The van der Waals surface area contributed by atoms with E-state index in [2.05, 4.69) is 15.9 Å². The highest BCUT2D eigenvalue weighted by Crippen LogP contribution is 2.22. The van der Waals surface area contributed by atoms with E-state index in [1.165, 1.54) is 0 Å². The van der Waals surface area contributed by atoms with Crippen molar-refractivity contribution in [3.8, 4) is 5.75 Å². The van der Waals surface area contributed by atoms with E-state index in [0.29, 0.717) is 17.7 Å². The van der Waals surface area contributed by atoms with Gasteiger partial charge in [-0.3, -0.25) is 4.79 Å². The maximum atomic E-state index is 12.2. The van der Waals surface area contributed by atoms with E-state index in [1.807, 2.05) is 24.3 Å². The van der Waals surface area contributed by atoms with E-state index in [0.717, 1.165) is 15.8 Å². The Morgan fingerprint density at radius 2 is 2.05 bits per heavy atom. The average Bonchev–Trinajstić information content (AvgIpc) is 2.42. The number of ether oxygens (including phenoxy) is 1. The Kier molecular flexibility index (Phi) is 4.22. The number of nitrogens with two attached hydrogens (primary N) is 1. The molecule has 0 saturated carbocycles. The Morgan fingerprint density at radius 1 is 1.26 bits per heavy atom. The molecule has 0 spiro atoms. The van der Waals surface area contributed by atoms with Gasteiger partial charge in [-0.1, -0.05) is 12.1 Å². The smallest absolute Gasteiger partial charge is 0.167 e. The van der Waals surface area contributed by atoms with E-state index < -0.39 is 0 Å². The lowest BCUT2D eigenvalue weighted by Crippen LogP contribution is -2.04. The maximum Gasteiger partial charge on any atom is 0.167 e. The van der Waals surface area contributed by atoms with Crippen molar-refractivity contribution >= 4 is 27.4 Å². The first-order valence-electron chi connectivity index (χ1n) is 5.81. The molecule has 0 aromatic heterocycles. The Hall–Kier alpha value is -1.81. The van der Waals surface area contributed by atoms with Crippen molar-refractivity contribution in [1.82, 2.24) is 0 Å². The number of benzene rings is 2. The van der Waals surface area contributed by atoms with Crippen molar-refractivity contribution < 1.29 is 9.53 Å². The number of methoxy groups -OCH3 is 1. The predicted molar refractivity (Wildman–Crippen MR) is 79.6 cm³/mol. The number of nitrogen functional groups attached to an aromatic ring is 1. The van der Waals surface area contributed by atoms with Crippen LogP contribution in [0.15, 0.2) is 46.9 Å². The summed E-state index contributed by atoms with van der Waals surface area (Å²) >= 11 is 3.33. The topological polar surface area (TPSA) is 52.3 Å². The van der Waals surface area contributed by atoms with Gasteiger partial charge in [0.05, 0.1) is 7.11 Å². The van der Waals surface area contributed by atoms with E-state index in [1.54, 1.807) is 25.3 Å². The molecule has 2 aromatic rings. The number of anilines is 1. The number of halogens is 1. The van der Waals surface area contributed by atoms with Crippen LogP contribution >= 0.6 is 15.9 Å². The first kappa shape index (κ1) is 13.6. The van der Waals surface area contributed by atoms with Crippen LogP contribution < -0.4 is 10.5 Å². The zero-order valence-electron chi connectivity index (χ0n) is 10.5. The SMILES string of the molecule is COc1cccc(CC(=O)c2ccc(N)c(Br)c2)c1. The molecular weight excluding hydrogens is 306 g/mol. The summed E-state index contributed by atoms with van der Waals surface area (Å²) in [6, 6.07) is 12.7. The van der Waals surface area contributed by atoms with Crippen LogP contribution in [0.5, 0.6) is 5.75 Å². The molecule has 2 rings (SSSR count). The van der Waals surface area contributed by atoms with E-state index >= 15 is 0 Å². The summed E-state index contributed by atoms with van der Waals surface area (Å²) in [4.78, 5) is 12.2. The standard InChI is InChI=1S/C15H14BrNO2/c1-19-12-4-2-3-10(7-12)8-15(18)11-5-6-14(17)13(16)9-11/h2-7,9H,8,17H2,1H3. The van der Waals surface area contributed by atoms with Crippen LogP contribution in [0, 0.1) is 0 Å². The van der Waals surface area contributed by atoms with E-state index in [9.17, 15) is 4.79 Å². The third-order valence-corrected chi connectivity index (χ3v) is 3.51. The first-order chi connectivity index (χ1) is 9.10. The monoisotopic (exact) mass is 319 g/mol. The van der Waals surface area contributed by atoms with Gasteiger partial charge in [-0.2, -0.15) is 0 Å². The van der Waals surface area contributed by atoms with Crippen LogP contribution in [-0.2, 0) is 6.42 Å². The maximum absolute atomic E-state index is 12.2. The highest BCUT2D eigenvalue weighted by Gasteiger charge is 2.09. The minimum Gasteiger partial charge on any atom is -0.497 e. The molecule has 0 unspecified atom stereocenters. The predicted octanol–water partition coefficient (Wildman–Crippen LogP) is 3.47. The summed E-state index contributed by atoms with van der Waals surface area (Å²) in [5.41, 5.74) is 7.90. The lowest BCUT2D eigenvalue weighted by molar-refractivity contribution is 0.0993. The molecule has 0 saturated heterocycles. The van der Waals surface area contributed by atoms with Crippen molar-refractivity contribution in [2.24, 2.45) is 0 Å². The molecule has 0 bridgehead atoms. The van der Waals surface area contributed by atoms with Crippen LogP contribution in [0.1, 0.15) is 15.9 Å². The Morgan fingerprint density at radius 3 is 2.74 bits per heavy atom. The second-order valence-corrected chi connectivity index (χ2v) is 5.04. The molecule has 2 N–H and O–H groups in total. The number of hydrogen-bond acceptors (Lipinski definition) is 3. The van der Waals surface area contributed by atoms with Gasteiger partial charge in [0.1, 0.15) is 5.75 Å². The Bertz CT molecular complexity index is 611. The van der Waals surface area contributed by atoms with Crippen LogP contribution in [0.25, 0.3) is 0 Å². The molecule has 19 heavy (non-hydrogen) atoms. The largest absolute Gasteiger partial charge is 0.497 e. The normalized spacial score (nSPS) is 10.2. The zero-order valence-corrected chi connectivity index (χ0v) is 12.1. The van der Waals surface area contributed by atoms with Crippen LogP contribution in [0.4, 0.5) is 5.69 Å².